The Labute approximate surface area is 186 Å². The second kappa shape index (κ2) is 8.19. The number of hydrogen-bond donors (Lipinski definition) is 2. The van der Waals surface area contributed by atoms with E-state index in [1.807, 2.05) is 19.9 Å². The van der Waals surface area contributed by atoms with Gasteiger partial charge < -0.3 is 24.2 Å². The Morgan fingerprint density at radius 2 is 2.25 bits per heavy atom. The average Bonchev–Trinajstić information content (AvgIpc) is 3.35. The van der Waals surface area contributed by atoms with Gasteiger partial charge in [-0.3, -0.25) is 10.2 Å². The normalized spacial score (nSPS) is 23.2. The van der Waals surface area contributed by atoms with E-state index in [0.29, 0.717) is 36.3 Å². The van der Waals surface area contributed by atoms with Gasteiger partial charge in [0, 0.05) is 25.4 Å². The van der Waals surface area contributed by atoms with E-state index in [1.54, 1.807) is 29.3 Å². The molecular formula is C22H27N5O5. The van der Waals surface area contributed by atoms with Crippen LogP contribution in [0.5, 0.6) is 5.75 Å². The minimum absolute atomic E-state index is 0.0197. The van der Waals surface area contributed by atoms with E-state index in [0.717, 1.165) is 25.2 Å². The van der Waals surface area contributed by atoms with E-state index in [4.69, 9.17) is 14.2 Å². The van der Waals surface area contributed by atoms with E-state index in [2.05, 4.69) is 20.2 Å². The van der Waals surface area contributed by atoms with Crippen LogP contribution < -0.4 is 19.9 Å². The fourth-order valence-corrected chi connectivity index (χ4v) is 4.37. The van der Waals surface area contributed by atoms with Crippen molar-refractivity contribution in [1.29, 1.82) is 0 Å². The lowest BCUT2D eigenvalue weighted by Gasteiger charge is -2.35. The van der Waals surface area contributed by atoms with Crippen LogP contribution in [-0.4, -0.2) is 65.3 Å². The molecule has 2 amide bonds. The number of nitrogens with zero attached hydrogens (tertiary/aromatic N) is 4. The zero-order valence-corrected chi connectivity index (χ0v) is 18.2. The number of aliphatic hydroxyl groups is 1. The molecule has 2 saturated heterocycles. The summed E-state index contributed by atoms with van der Waals surface area (Å²) in [6.45, 7) is 6.00. The number of ether oxygens (including phenoxy) is 3. The van der Waals surface area contributed by atoms with E-state index < -0.39 is 5.79 Å². The summed E-state index contributed by atoms with van der Waals surface area (Å²) < 4.78 is 17.1. The van der Waals surface area contributed by atoms with Crippen molar-refractivity contribution in [3.63, 3.8) is 0 Å². The quantitative estimate of drug-likeness (QED) is 0.726. The maximum atomic E-state index is 13.2. The highest BCUT2D eigenvalue weighted by Gasteiger charge is 2.40. The van der Waals surface area contributed by atoms with E-state index >= 15 is 0 Å². The van der Waals surface area contributed by atoms with Crippen molar-refractivity contribution in [2.24, 2.45) is 0 Å². The van der Waals surface area contributed by atoms with Crippen molar-refractivity contribution < 1.29 is 24.1 Å². The number of hydrogen-bond acceptors (Lipinski definition) is 8. The van der Waals surface area contributed by atoms with Crippen LogP contribution in [0, 0.1) is 0 Å². The van der Waals surface area contributed by atoms with Crippen molar-refractivity contribution in [1.82, 2.24) is 9.97 Å². The Morgan fingerprint density at radius 1 is 1.38 bits per heavy atom. The van der Waals surface area contributed by atoms with Gasteiger partial charge in [0.2, 0.25) is 0 Å². The minimum atomic E-state index is -0.601. The monoisotopic (exact) mass is 441 g/mol. The van der Waals surface area contributed by atoms with Crippen molar-refractivity contribution in [2.75, 3.05) is 41.4 Å². The highest BCUT2D eigenvalue weighted by molar-refractivity contribution is 6.04. The van der Waals surface area contributed by atoms with Crippen molar-refractivity contribution in [2.45, 2.75) is 44.8 Å². The lowest BCUT2D eigenvalue weighted by atomic mass is 10.2. The molecular weight excluding hydrogens is 414 g/mol. The number of rotatable bonds is 5. The third kappa shape index (κ3) is 4.08. The first-order valence-electron chi connectivity index (χ1n) is 10.8. The molecule has 3 aliphatic rings. The van der Waals surface area contributed by atoms with Gasteiger partial charge >= 0.3 is 6.03 Å². The van der Waals surface area contributed by atoms with Crippen LogP contribution >= 0.6 is 0 Å². The second-order valence-corrected chi connectivity index (χ2v) is 8.63. The van der Waals surface area contributed by atoms with Gasteiger partial charge in [0.05, 0.1) is 30.6 Å². The number of urea groups is 1. The van der Waals surface area contributed by atoms with Crippen LogP contribution in [0.15, 0.2) is 30.5 Å². The predicted molar refractivity (Wildman–Crippen MR) is 117 cm³/mol. The Bertz CT molecular complexity index is 1020. The maximum absolute atomic E-state index is 13.2. The summed E-state index contributed by atoms with van der Waals surface area (Å²) in [5, 5.41) is 12.4. The van der Waals surface area contributed by atoms with Crippen LogP contribution in [0.1, 0.15) is 26.0 Å². The Kier molecular flexibility index (Phi) is 5.36. The fourth-order valence-electron chi connectivity index (χ4n) is 4.37. The van der Waals surface area contributed by atoms with Gasteiger partial charge in [0.1, 0.15) is 24.3 Å². The Hall–Kier alpha value is -2.95. The first kappa shape index (κ1) is 20.9. The number of pyridine rings is 2. The molecule has 2 atom stereocenters. The molecule has 170 valence electrons. The van der Waals surface area contributed by atoms with Gasteiger partial charge in [-0.15, -0.1) is 0 Å². The van der Waals surface area contributed by atoms with Crippen molar-refractivity contribution >= 4 is 23.4 Å². The number of fused-ring (bicyclic) bond motifs is 4. The molecule has 0 aromatic carbocycles. The molecule has 0 unspecified atom stereocenters. The molecule has 2 aromatic heterocycles. The molecule has 2 bridgehead atoms. The molecule has 0 radical (unpaired) electrons. The molecule has 0 spiro atoms. The van der Waals surface area contributed by atoms with Crippen LogP contribution in [-0.2, 0) is 16.1 Å². The van der Waals surface area contributed by atoms with Crippen LogP contribution in [0.4, 0.5) is 22.1 Å². The van der Waals surface area contributed by atoms with Gasteiger partial charge in [-0.25, -0.2) is 14.8 Å². The summed E-state index contributed by atoms with van der Waals surface area (Å²) in [7, 11) is 0. The molecule has 2 aromatic rings. The van der Waals surface area contributed by atoms with E-state index in [-0.39, 0.29) is 24.8 Å². The molecule has 5 rings (SSSR count). The third-order valence-corrected chi connectivity index (χ3v) is 5.86. The average molecular weight is 441 g/mol. The van der Waals surface area contributed by atoms with Gasteiger partial charge in [-0.2, -0.15) is 0 Å². The third-order valence-electron chi connectivity index (χ3n) is 5.86. The standard InChI is InChI=1S/C22H27N5O5/c1-22(2)31-13-17(32-22)12-30-16-5-7-23-19(9-16)25-21(29)27-15-6-8-26(10-15)18-4-3-14(11-28)24-20(18)27/h3-5,7,9,15,17,28H,6,8,10-13H2,1-2H3,(H,23,25,29)/t15-,17-/m0/s1. The van der Waals surface area contributed by atoms with Crippen LogP contribution in [0.3, 0.4) is 0 Å². The predicted octanol–water partition coefficient (Wildman–Crippen LogP) is 2.13. The Balaban J connectivity index is 1.29. The summed E-state index contributed by atoms with van der Waals surface area (Å²) in [6, 6.07) is 6.83. The molecule has 10 nitrogen and oxygen atoms in total. The number of carbonyl (C=O) groups excluding carboxylic acids is 1. The number of aromatic nitrogens is 2. The Morgan fingerprint density at radius 3 is 3.03 bits per heavy atom. The summed E-state index contributed by atoms with van der Waals surface area (Å²) in [6.07, 6.45) is 2.29. The number of carbonyl (C=O) groups is 1. The smallest absolute Gasteiger partial charge is 0.329 e. The summed E-state index contributed by atoms with van der Waals surface area (Å²) >= 11 is 0. The molecule has 5 heterocycles. The van der Waals surface area contributed by atoms with E-state index in [9.17, 15) is 9.90 Å². The molecule has 2 N–H and O–H groups in total. The maximum Gasteiger partial charge on any atom is 0.329 e. The molecule has 10 heteroatoms. The minimum Gasteiger partial charge on any atom is -0.491 e. The lowest BCUT2D eigenvalue weighted by molar-refractivity contribution is -0.141. The van der Waals surface area contributed by atoms with Gasteiger partial charge in [0.15, 0.2) is 11.6 Å². The van der Waals surface area contributed by atoms with Gasteiger partial charge in [0.25, 0.3) is 0 Å². The van der Waals surface area contributed by atoms with Gasteiger partial charge in [-0.1, -0.05) is 0 Å². The largest absolute Gasteiger partial charge is 0.491 e. The van der Waals surface area contributed by atoms with E-state index in [1.165, 1.54) is 0 Å². The fraction of sp³-hybridized carbons (Fsp3) is 0.500. The van der Waals surface area contributed by atoms with Gasteiger partial charge in [-0.05, 0) is 38.5 Å². The molecule has 32 heavy (non-hydrogen) atoms. The lowest BCUT2D eigenvalue weighted by Crippen LogP contribution is -2.48. The highest BCUT2D eigenvalue weighted by atomic mass is 16.7. The molecule has 0 aliphatic carbocycles. The summed E-state index contributed by atoms with van der Waals surface area (Å²) in [5.41, 5.74) is 1.43. The number of nitrogens with one attached hydrogen (secondary N) is 1. The second-order valence-electron chi connectivity index (χ2n) is 8.63. The van der Waals surface area contributed by atoms with Crippen LogP contribution in [0.2, 0.25) is 0 Å². The SMILES string of the molecule is CC1(C)OC[C@H](COc2ccnc(NC(=O)N3c4nc(CO)ccc4N4CC[C@H]3C4)c2)O1. The molecule has 3 aliphatic heterocycles. The zero-order valence-electron chi connectivity index (χ0n) is 18.2. The van der Waals surface area contributed by atoms with Crippen LogP contribution in [0.25, 0.3) is 0 Å². The zero-order chi connectivity index (χ0) is 22.3. The first-order chi connectivity index (χ1) is 15.4. The molecule has 0 saturated carbocycles. The topological polar surface area (TPSA) is 109 Å². The van der Waals surface area contributed by atoms with Crippen molar-refractivity contribution in [3.8, 4) is 5.75 Å². The number of anilines is 3. The highest BCUT2D eigenvalue weighted by Crippen LogP contribution is 2.39. The summed E-state index contributed by atoms with van der Waals surface area (Å²) in [5.74, 6) is 0.930. The number of amides is 2. The first-order valence-corrected chi connectivity index (χ1v) is 10.8. The summed E-state index contributed by atoms with van der Waals surface area (Å²) in [4.78, 5) is 25.9. The molecule has 2 fully saturated rings. The van der Waals surface area contributed by atoms with Crippen molar-refractivity contribution in [3.05, 3.63) is 36.2 Å². The number of aliphatic hydroxyl groups excluding tert-OH is 1.